The second-order valence-electron chi connectivity index (χ2n) is 3.51. The minimum absolute atomic E-state index is 0.00213. The highest BCUT2D eigenvalue weighted by Crippen LogP contribution is 2.28. The minimum Gasteiger partial charge on any atom is -0.490 e. The summed E-state index contributed by atoms with van der Waals surface area (Å²) in [4.78, 5) is 0. The molecule has 5 heteroatoms. The van der Waals surface area contributed by atoms with Crippen molar-refractivity contribution in [2.24, 2.45) is 0 Å². The molecule has 3 N–H and O–H groups in total. The maximum absolute atomic E-state index is 9.54. The van der Waals surface area contributed by atoms with Crippen LogP contribution in [0.1, 0.15) is 18.6 Å². The number of aliphatic hydroxyl groups is 3. The number of rotatable bonds is 5. The van der Waals surface area contributed by atoms with Gasteiger partial charge in [-0.1, -0.05) is 15.9 Å². The molecule has 0 saturated carbocycles. The van der Waals surface area contributed by atoms with Crippen LogP contribution in [0.15, 0.2) is 22.7 Å². The third-order valence-corrected chi connectivity index (χ3v) is 2.56. The maximum atomic E-state index is 9.54. The quantitative estimate of drug-likeness (QED) is 0.763. The number of benzene rings is 1. The van der Waals surface area contributed by atoms with Crippen LogP contribution < -0.4 is 4.74 Å². The Balaban J connectivity index is 2.78. The van der Waals surface area contributed by atoms with Crippen LogP contribution in [0.3, 0.4) is 0 Å². The molecule has 0 radical (unpaired) electrons. The zero-order chi connectivity index (χ0) is 12.1. The van der Waals surface area contributed by atoms with Crippen LogP contribution in [-0.4, -0.2) is 34.6 Å². The molecule has 4 nitrogen and oxygen atoms in total. The topological polar surface area (TPSA) is 69.9 Å². The Labute approximate surface area is 103 Å². The van der Waals surface area contributed by atoms with Gasteiger partial charge in [-0.25, -0.2) is 0 Å². The maximum Gasteiger partial charge on any atom is 0.125 e. The molecule has 1 aromatic rings. The first kappa shape index (κ1) is 13.4. The van der Waals surface area contributed by atoms with Crippen LogP contribution in [0.5, 0.6) is 5.75 Å². The van der Waals surface area contributed by atoms with Crippen molar-refractivity contribution in [3.63, 3.8) is 0 Å². The Morgan fingerprint density at radius 3 is 2.62 bits per heavy atom. The molecule has 1 rings (SSSR count). The molecular weight excluding hydrogens is 276 g/mol. The summed E-state index contributed by atoms with van der Waals surface area (Å²) in [7, 11) is 0. The number of hydrogen-bond acceptors (Lipinski definition) is 4. The van der Waals surface area contributed by atoms with Crippen LogP contribution in [0.4, 0.5) is 0 Å². The third-order valence-electron chi connectivity index (χ3n) is 2.06. The molecule has 0 aliphatic carbocycles. The molecule has 0 bridgehead atoms. The number of hydrogen-bond donors (Lipinski definition) is 3. The second-order valence-corrected chi connectivity index (χ2v) is 4.42. The lowest BCUT2D eigenvalue weighted by Crippen LogP contribution is -2.21. The fourth-order valence-electron chi connectivity index (χ4n) is 1.22. The van der Waals surface area contributed by atoms with E-state index in [0.29, 0.717) is 11.3 Å². The lowest BCUT2D eigenvalue weighted by Gasteiger charge is -2.15. The minimum atomic E-state index is -0.912. The van der Waals surface area contributed by atoms with E-state index in [2.05, 4.69) is 15.9 Å². The summed E-state index contributed by atoms with van der Waals surface area (Å²) in [6.07, 6.45) is -1.57. The molecule has 90 valence electrons. The van der Waals surface area contributed by atoms with Gasteiger partial charge in [0.2, 0.25) is 0 Å². The van der Waals surface area contributed by atoms with Gasteiger partial charge >= 0.3 is 0 Å². The van der Waals surface area contributed by atoms with Crippen molar-refractivity contribution in [2.75, 3.05) is 13.2 Å². The lowest BCUT2D eigenvalue weighted by molar-refractivity contribution is 0.0523. The van der Waals surface area contributed by atoms with Gasteiger partial charge in [0, 0.05) is 10.0 Å². The highest BCUT2D eigenvalue weighted by Gasteiger charge is 2.11. The van der Waals surface area contributed by atoms with E-state index in [4.69, 9.17) is 14.9 Å². The molecule has 0 aromatic heterocycles. The van der Waals surface area contributed by atoms with Gasteiger partial charge in [-0.3, -0.25) is 0 Å². The number of aliphatic hydroxyl groups excluding tert-OH is 3. The molecule has 0 aliphatic rings. The van der Waals surface area contributed by atoms with Crippen molar-refractivity contribution in [3.05, 3.63) is 28.2 Å². The van der Waals surface area contributed by atoms with Gasteiger partial charge in [-0.2, -0.15) is 0 Å². The largest absolute Gasteiger partial charge is 0.490 e. The van der Waals surface area contributed by atoms with E-state index in [1.165, 1.54) is 0 Å². The SMILES string of the molecule is C[C@@H](O)c1cc(Br)ccc1OCC(O)CO. The zero-order valence-corrected chi connectivity index (χ0v) is 10.5. The third kappa shape index (κ3) is 3.75. The van der Waals surface area contributed by atoms with E-state index >= 15 is 0 Å². The molecule has 1 aromatic carbocycles. The molecule has 0 saturated heterocycles. The Morgan fingerprint density at radius 2 is 2.06 bits per heavy atom. The van der Waals surface area contributed by atoms with Crippen LogP contribution in [0.25, 0.3) is 0 Å². The van der Waals surface area contributed by atoms with Crippen molar-refractivity contribution in [1.82, 2.24) is 0 Å². The average molecular weight is 291 g/mol. The van der Waals surface area contributed by atoms with Crippen molar-refractivity contribution in [1.29, 1.82) is 0 Å². The van der Waals surface area contributed by atoms with Crippen molar-refractivity contribution < 1.29 is 20.1 Å². The molecule has 0 amide bonds. The van der Waals surface area contributed by atoms with E-state index in [9.17, 15) is 5.11 Å². The van der Waals surface area contributed by atoms with Crippen LogP contribution in [0, 0.1) is 0 Å². The highest BCUT2D eigenvalue weighted by molar-refractivity contribution is 9.10. The lowest BCUT2D eigenvalue weighted by atomic mass is 10.1. The van der Waals surface area contributed by atoms with Crippen molar-refractivity contribution in [3.8, 4) is 5.75 Å². The van der Waals surface area contributed by atoms with E-state index in [0.717, 1.165) is 4.47 Å². The fourth-order valence-corrected chi connectivity index (χ4v) is 1.59. The first-order valence-electron chi connectivity index (χ1n) is 4.93. The number of halogens is 1. The predicted octanol–water partition coefficient (Wildman–Crippen LogP) is 1.23. The molecule has 2 atom stereocenters. The first-order chi connectivity index (χ1) is 7.54. The van der Waals surface area contributed by atoms with Crippen LogP contribution in [-0.2, 0) is 0 Å². The predicted molar refractivity (Wildman–Crippen MR) is 63.4 cm³/mol. The van der Waals surface area contributed by atoms with Gasteiger partial charge in [-0.05, 0) is 25.1 Å². The molecule has 0 spiro atoms. The fraction of sp³-hybridized carbons (Fsp3) is 0.455. The zero-order valence-electron chi connectivity index (χ0n) is 8.93. The van der Waals surface area contributed by atoms with E-state index in [1.54, 1.807) is 25.1 Å². The van der Waals surface area contributed by atoms with Crippen molar-refractivity contribution >= 4 is 15.9 Å². The van der Waals surface area contributed by atoms with E-state index < -0.39 is 12.2 Å². The summed E-state index contributed by atoms with van der Waals surface area (Å²) < 4.78 is 6.16. The Kier molecular flexibility index (Phi) is 5.21. The highest BCUT2D eigenvalue weighted by atomic mass is 79.9. The van der Waals surface area contributed by atoms with E-state index in [1.807, 2.05) is 0 Å². The smallest absolute Gasteiger partial charge is 0.125 e. The van der Waals surface area contributed by atoms with Gasteiger partial charge in [0.15, 0.2) is 0 Å². The Bertz CT molecular complexity index is 341. The summed E-state index contributed by atoms with van der Waals surface area (Å²) in [6, 6.07) is 5.24. The monoisotopic (exact) mass is 290 g/mol. The average Bonchev–Trinajstić information content (AvgIpc) is 2.26. The van der Waals surface area contributed by atoms with E-state index in [-0.39, 0.29) is 13.2 Å². The molecule has 0 heterocycles. The first-order valence-corrected chi connectivity index (χ1v) is 5.73. The van der Waals surface area contributed by atoms with Crippen molar-refractivity contribution in [2.45, 2.75) is 19.1 Å². The molecule has 0 aliphatic heterocycles. The standard InChI is InChI=1S/C11H15BrO4/c1-7(14)10-4-8(12)2-3-11(10)16-6-9(15)5-13/h2-4,7,9,13-15H,5-6H2,1H3/t7-,9?/m1/s1. The Hall–Kier alpha value is -0.620. The second kappa shape index (κ2) is 6.20. The molecule has 1 unspecified atom stereocenters. The summed E-state index contributed by atoms with van der Waals surface area (Å²) in [5, 5.41) is 27.3. The normalized spacial score (nSPS) is 14.6. The Morgan fingerprint density at radius 1 is 1.38 bits per heavy atom. The van der Waals surface area contributed by atoms with Gasteiger partial charge in [0.05, 0.1) is 12.7 Å². The number of ether oxygens (including phenoxy) is 1. The molecule has 0 fully saturated rings. The van der Waals surface area contributed by atoms with Gasteiger partial charge < -0.3 is 20.1 Å². The summed E-state index contributed by atoms with van der Waals surface area (Å²) in [6.45, 7) is 1.29. The molecular formula is C11H15BrO4. The van der Waals surface area contributed by atoms with Crippen LogP contribution >= 0.6 is 15.9 Å². The summed E-state index contributed by atoms with van der Waals surface area (Å²) >= 11 is 3.30. The summed E-state index contributed by atoms with van der Waals surface area (Å²) in [5.41, 5.74) is 0.638. The molecule has 16 heavy (non-hydrogen) atoms. The van der Waals surface area contributed by atoms with Gasteiger partial charge in [0.25, 0.3) is 0 Å². The van der Waals surface area contributed by atoms with Gasteiger partial charge in [-0.15, -0.1) is 0 Å². The summed E-state index contributed by atoms with van der Waals surface area (Å²) in [5.74, 6) is 0.505. The van der Waals surface area contributed by atoms with Crippen LogP contribution in [0.2, 0.25) is 0 Å². The van der Waals surface area contributed by atoms with Gasteiger partial charge in [0.1, 0.15) is 18.5 Å².